The van der Waals surface area contributed by atoms with E-state index in [1.165, 1.54) is 6.42 Å². The fraction of sp³-hybridized carbons (Fsp3) is 0.588. The molecule has 2 aromatic rings. The lowest BCUT2D eigenvalue weighted by molar-refractivity contribution is -0.132. The minimum Gasteiger partial charge on any atom is -0.466 e. The summed E-state index contributed by atoms with van der Waals surface area (Å²) in [5, 5.41) is 8.22. The molecule has 6 heteroatoms. The molecular formula is C17H22N4O2. The Morgan fingerprint density at radius 2 is 2.17 bits per heavy atom. The van der Waals surface area contributed by atoms with Gasteiger partial charge in [0.2, 0.25) is 5.91 Å². The van der Waals surface area contributed by atoms with E-state index >= 15 is 0 Å². The Balaban J connectivity index is 1.33. The Hall–Kier alpha value is -2.11. The molecular weight excluding hydrogens is 292 g/mol. The molecule has 0 N–H and O–H groups in total. The maximum atomic E-state index is 12.4. The van der Waals surface area contributed by atoms with E-state index in [0.29, 0.717) is 25.3 Å². The quantitative estimate of drug-likeness (QED) is 0.868. The number of aryl methyl sites for hydroxylation is 2. The van der Waals surface area contributed by atoms with Crippen LogP contribution < -0.4 is 0 Å². The van der Waals surface area contributed by atoms with Crippen LogP contribution in [0.25, 0.3) is 0 Å². The average Bonchev–Trinajstić information content (AvgIpc) is 2.97. The first-order chi connectivity index (χ1) is 11.1. The van der Waals surface area contributed by atoms with E-state index in [4.69, 9.17) is 4.42 Å². The van der Waals surface area contributed by atoms with Crippen LogP contribution in [0.2, 0.25) is 0 Å². The summed E-state index contributed by atoms with van der Waals surface area (Å²) in [5.74, 6) is 5.30. The summed E-state index contributed by atoms with van der Waals surface area (Å²) in [7, 11) is 0. The highest BCUT2D eigenvalue weighted by Crippen LogP contribution is 2.47. The highest BCUT2D eigenvalue weighted by Gasteiger charge is 2.36. The van der Waals surface area contributed by atoms with Gasteiger partial charge < -0.3 is 13.9 Å². The number of hydrogen-bond donors (Lipinski definition) is 0. The van der Waals surface area contributed by atoms with Crippen LogP contribution in [0.15, 0.2) is 16.5 Å². The minimum absolute atomic E-state index is 0.162. The smallest absolute Gasteiger partial charge is 0.223 e. The summed E-state index contributed by atoms with van der Waals surface area (Å²) in [5.41, 5.74) is 0. The van der Waals surface area contributed by atoms with E-state index in [0.717, 1.165) is 42.2 Å². The Bertz CT molecular complexity index is 733. The Kier molecular flexibility index (Phi) is 3.47. The first-order valence-corrected chi connectivity index (χ1v) is 8.37. The SMILES string of the molecule is Cc1nnc2n1CCN(C(=O)CCc1ccc([C@H]3C[C@H]3C)o1)C2. The topological polar surface area (TPSA) is 64.2 Å². The molecule has 0 radical (unpaired) electrons. The lowest BCUT2D eigenvalue weighted by atomic mass is 10.2. The van der Waals surface area contributed by atoms with E-state index in [2.05, 4.69) is 27.8 Å². The normalized spacial score (nSPS) is 23.0. The summed E-state index contributed by atoms with van der Waals surface area (Å²) < 4.78 is 7.96. The predicted molar refractivity (Wildman–Crippen MR) is 83.7 cm³/mol. The Morgan fingerprint density at radius 3 is 2.96 bits per heavy atom. The van der Waals surface area contributed by atoms with Crippen LogP contribution in [0.4, 0.5) is 0 Å². The van der Waals surface area contributed by atoms with Crippen LogP contribution in [0.1, 0.15) is 48.9 Å². The molecule has 23 heavy (non-hydrogen) atoms. The largest absolute Gasteiger partial charge is 0.466 e. The highest BCUT2D eigenvalue weighted by molar-refractivity contribution is 5.76. The van der Waals surface area contributed by atoms with Gasteiger partial charge in [0, 0.05) is 31.8 Å². The van der Waals surface area contributed by atoms with Crippen molar-refractivity contribution in [3.63, 3.8) is 0 Å². The zero-order valence-electron chi connectivity index (χ0n) is 13.7. The molecule has 1 amide bonds. The summed E-state index contributed by atoms with van der Waals surface area (Å²) in [6.45, 7) is 6.26. The van der Waals surface area contributed by atoms with E-state index in [1.807, 2.05) is 17.9 Å². The molecule has 2 aliphatic rings. The summed E-state index contributed by atoms with van der Waals surface area (Å²) in [4.78, 5) is 14.3. The number of fused-ring (bicyclic) bond motifs is 1. The second-order valence-corrected chi connectivity index (χ2v) is 6.75. The van der Waals surface area contributed by atoms with Gasteiger partial charge in [0.15, 0.2) is 5.82 Å². The van der Waals surface area contributed by atoms with Gasteiger partial charge >= 0.3 is 0 Å². The van der Waals surface area contributed by atoms with Crippen molar-refractivity contribution in [2.24, 2.45) is 5.92 Å². The van der Waals surface area contributed by atoms with Gasteiger partial charge in [0.25, 0.3) is 0 Å². The number of aromatic nitrogens is 3. The third-order valence-corrected chi connectivity index (χ3v) is 5.03. The molecule has 4 rings (SSSR count). The number of nitrogens with zero attached hydrogens (tertiary/aromatic N) is 4. The van der Waals surface area contributed by atoms with Gasteiger partial charge in [-0.15, -0.1) is 10.2 Å². The van der Waals surface area contributed by atoms with Gasteiger partial charge in [0.05, 0.1) is 6.54 Å². The molecule has 0 aromatic carbocycles. The molecule has 1 saturated carbocycles. The molecule has 2 aromatic heterocycles. The molecule has 0 spiro atoms. The average molecular weight is 314 g/mol. The maximum absolute atomic E-state index is 12.4. The number of rotatable bonds is 4. The Labute approximate surface area is 135 Å². The predicted octanol–water partition coefficient (Wildman–Crippen LogP) is 2.28. The van der Waals surface area contributed by atoms with Gasteiger partial charge in [-0.25, -0.2) is 0 Å². The van der Waals surface area contributed by atoms with Gasteiger partial charge in [-0.2, -0.15) is 0 Å². The molecule has 6 nitrogen and oxygen atoms in total. The van der Waals surface area contributed by atoms with Crippen molar-refractivity contribution in [1.82, 2.24) is 19.7 Å². The summed E-state index contributed by atoms with van der Waals surface area (Å²) in [6, 6.07) is 4.09. The van der Waals surface area contributed by atoms with Gasteiger partial charge in [-0.3, -0.25) is 4.79 Å². The first kappa shape index (κ1) is 14.5. The van der Waals surface area contributed by atoms with Crippen molar-refractivity contribution < 1.29 is 9.21 Å². The third kappa shape index (κ3) is 2.78. The second kappa shape index (κ2) is 5.51. The lowest BCUT2D eigenvalue weighted by Crippen LogP contribution is -2.38. The number of furan rings is 1. The van der Waals surface area contributed by atoms with Gasteiger partial charge in [0.1, 0.15) is 17.3 Å². The van der Waals surface area contributed by atoms with Gasteiger partial charge in [-0.1, -0.05) is 6.92 Å². The van der Waals surface area contributed by atoms with E-state index in [-0.39, 0.29) is 5.91 Å². The number of carbonyl (C=O) groups excluding carboxylic acids is 1. The monoisotopic (exact) mass is 314 g/mol. The van der Waals surface area contributed by atoms with Crippen LogP contribution in [0.5, 0.6) is 0 Å². The van der Waals surface area contributed by atoms with E-state index in [9.17, 15) is 4.79 Å². The third-order valence-electron chi connectivity index (χ3n) is 5.03. The van der Waals surface area contributed by atoms with Gasteiger partial charge in [-0.05, 0) is 31.4 Å². The van der Waals surface area contributed by atoms with Crippen molar-refractivity contribution in [3.05, 3.63) is 35.3 Å². The molecule has 1 aliphatic heterocycles. The van der Waals surface area contributed by atoms with Crippen LogP contribution >= 0.6 is 0 Å². The molecule has 1 aliphatic carbocycles. The first-order valence-electron chi connectivity index (χ1n) is 8.37. The summed E-state index contributed by atoms with van der Waals surface area (Å²) in [6.07, 6.45) is 2.38. The molecule has 0 bridgehead atoms. The fourth-order valence-corrected chi connectivity index (χ4v) is 3.35. The van der Waals surface area contributed by atoms with Crippen LogP contribution in [-0.2, 0) is 24.3 Å². The van der Waals surface area contributed by atoms with Crippen molar-refractivity contribution in [1.29, 1.82) is 0 Å². The van der Waals surface area contributed by atoms with Crippen molar-refractivity contribution in [2.75, 3.05) is 6.54 Å². The second-order valence-electron chi connectivity index (χ2n) is 6.75. The van der Waals surface area contributed by atoms with Crippen LogP contribution in [0.3, 0.4) is 0 Å². The van der Waals surface area contributed by atoms with Crippen LogP contribution in [-0.4, -0.2) is 32.1 Å². The Morgan fingerprint density at radius 1 is 1.35 bits per heavy atom. The molecule has 2 atom stereocenters. The summed E-state index contributed by atoms with van der Waals surface area (Å²) >= 11 is 0. The molecule has 0 saturated heterocycles. The molecule has 3 heterocycles. The zero-order valence-corrected chi connectivity index (χ0v) is 13.7. The minimum atomic E-state index is 0.162. The standard InChI is InChI=1S/C17H22N4O2/c1-11-9-14(11)15-5-3-13(23-15)4-6-17(22)20-7-8-21-12(2)18-19-16(21)10-20/h3,5,11,14H,4,6-10H2,1-2H3/t11-,14+/m1/s1. The number of amides is 1. The van der Waals surface area contributed by atoms with Crippen molar-refractivity contribution in [2.45, 2.75) is 52.1 Å². The number of carbonyl (C=O) groups is 1. The molecule has 122 valence electrons. The highest BCUT2D eigenvalue weighted by atomic mass is 16.3. The maximum Gasteiger partial charge on any atom is 0.223 e. The van der Waals surface area contributed by atoms with Crippen molar-refractivity contribution in [3.8, 4) is 0 Å². The lowest BCUT2D eigenvalue weighted by Gasteiger charge is -2.27. The fourth-order valence-electron chi connectivity index (χ4n) is 3.35. The van der Waals surface area contributed by atoms with Crippen molar-refractivity contribution >= 4 is 5.91 Å². The zero-order chi connectivity index (χ0) is 16.0. The number of hydrogen-bond acceptors (Lipinski definition) is 4. The molecule has 1 fully saturated rings. The van der Waals surface area contributed by atoms with E-state index < -0.39 is 0 Å². The molecule has 0 unspecified atom stereocenters. The van der Waals surface area contributed by atoms with Crippen LogP contribution in [0, 0.1) is 12.8 Å². The van der Waals surface area contributed by atoms with E-state index in [1.54, 1.807) is 0 Å².